The van der Waals surface area contributed by atoms with Crippen molar-refractivity contribution in [3.05, 3.63) is 70.4 Å². The number of methoxy groups -OCH3 is 1. The number of para-hydroxylation sites is 1. The largest absolute Gasteiger partial charge is 0.468 e. The molecule has 0 atom stereocenters. The summed E-state index contributed by atoms with van der Waals surface area (Å²) in [5.74, 6) is -0.932. The van der Waals surface area contributed by atoms with E-state index in [2.05, 4.69) is 5.32 Å². The number of carbonyl (C=O) groups is 2. The van der Waals surface area contributed by atoms with Crippen molar-refractivity contribution >= 4 is 46.1 Å². The lowest BCUT2D eigenvalue weighted by atomic mass is 10.1. The average molecular weight is 408 g/mol. The minimum Gasteiger partial charge on any atom is -0.468 e. The molecule has 1 aromatic heterocycles. The quantitative estimate of drug-likeness (QED) is 0.387. The molecule has 1 N–H and O–H groups in total. The van der Waals surface area contributed by atoms with E-state index in [0.717, 1.165) is 16.5 Å². The molecule has 1 amide bonds. The Hall–Kier alpha value is -3.56. The molecule has 0 aliphatic rings. The fraction of sp³-hybridized carbons (Fsp3) is 0.136. The first-order chi connectivity index (χ1) is 13.9. The zero-order valence-corrected chi connectivity index (χ0v) is 16.7. The summed E-state index contributed by atoms with van der Waals surface area (Å²) in [4.78, 5) is 24.4. The Morgan fingerprint density at radius 2 is 2.03 bits per heavy atom. The van der Waals surface area contributed by atoms with Gasteiger partial charge in [-0.1, -0.05) is 35.9 Å². The number of nitrogens with zero attached hydrogens (tertiary/aromatic N) is 2. The van der Waals surface area contributed by atoms with Gasteiger partial charge in [0.1, 0.15) is 18.2 Å². The van der Waals surface area contributed by atoms with Crippen molar-refractivity contribution in [1.29, 1.82) is 5.26 Å². The molecular weight excluding hydrogens is 390 g/mol. The van der Waals surface area contributed by atoms with Crippen molar-refractivity contribution in [1.82, 2.24) is 4.57 Å². The molecule has 7 heteroatoms. The standard InChI is InChI=1S/C22H18ClN3O3/c1-14-7-8-17(23)10-19(14)25-22(28)15(11-24)9-16-12-26(13-21(27)29-2)20-6-4-3-5-18(16)20/h3-10,12H,13H2,1-2H3,(H,25,28)/b15-9-. The summed E-state index contributed by atoms with van der Waals surface area (Å²) in [5, 5.41) is 13.6. The second-order valence-corrected chi connectivity index (χ2v) is 6.83. The van der Waals surface area contributed by atoms with Gasteiger partial charge in [0.15, 0.2) is 0 Å². The van der Waals surface area contributed by atoms with Gasteiger partial charge in [0.25, 0.3) is 5.91 Å². The minimum absolute atomic E-state index is 0.0284. The van der Waals surface area contributed by atoms with Crippen molar-refractivity contribution in [2.24, 2.45) is 0 Å². The summed E-state index contributed by atoms with van der Waals surface area (Å²) in [6.45, 7) is 1.86. The van der Waals surface area contributed by atoms with Gasteiger partial charge >= 0.3 is 5.97 Å². The molecule has 0 saturated carbocycles. The van der Waals surface area contributed by atoms with Crippen LogP contribution in [0.1, 0.15) is 11.1 Å². The number of fused-ring (bicyclic) bond motifs is 1. The summed E-state index contributed by atoms with van der Waals surface area (Å²) >= 11 is 5.99. The second-order valence-electron chi connectivity index (χ2n) is 6.39. The van der Waals surface area contributed by atoms with E-state index in [1.54, 1.807) is 29.0 Å². The van der Waals surface area contributed by atoms with Gasteiger partial charge in [-0.15, -0.1) is 0 Å². The Bertz CT molecular complexity index is 1170. The average Bonchev–Trinajstić information content (AvgIpc) is 3.06. The Kier molecular flexibility index (Phi) is 6.01. The fourth-order valence-corrected chi connectivity index (χ4v) is 3.12. The third kappa shape index (κ3) is 4.48. The van der Waals surface area contributed by atoms with E-state index < -0.39 is 11.9 Å². The summed E-state index contributed by atoms with van der Waals surface area (Å²) in [5.41, 5.74) is 2.75. The van der Waals surface area contributed by atoms with Crippen molar-refractivity contribution in [3.63, 3.8) is 0 Å². The second kappa shape index (κ2) is 8.63. The van der Waals surface area contributed by atoms with E-state index in [4.69, 9.17) is 16.3 Å². The number of ether oxygens (including phenoxy) is 1. The van der Waals surface area contributed by atoms with Crippen molar-refractivity contribution < 1.29 is 14.3 Å². The Balaban J connectivity index is 1.97. The van der Waals surface area contributed by atoms with Crippen LogP contribution in [0.2, 0.25) is 5.02 Å². The first-order valence-corrected chi connectivity index (χ1v) is 9.14. The number of anilines is 1. The summed E-state index contributed by atoms with van der Waals surface area (Å²) < 4.78 is 6.46. The molecule has 0 fully saturated rings. The predicted octanol–water partition coefficient (Wildman–Crippen LogP) is 4.32. The molecule has 0 aliphatic carbocycles. The molecule has 0 unspecified atom stereocenters. The maximum atomic E-state index is 12.7. The lowest BCUT2D eigenvalue weighted by molar-refractivity contribution is -0.141. The smallest absolute Gasteiger partial charge is 0.325 e. The lowest BCUT2D eigenvalue weighted by Gasteiger charge is -2.08. The molecule has 0 bridgehead atoms. The molecule has 2 aromatic carbocycles. The van der Waals surface area contributed by atoms with Crippen LogP contribution in [0.25, 0.3) is 17.0 Å². The summed E-state index contributed by atoms with van der Waals surface area (Å²) in [7, 11) is 1.32. The normalized spacial score (nSPS) is 11.2. The number of amides is 1. The number of nitriles is 1. The lowest BCUT2D eigenvalue weighted by Crippen LogP contribution is -2.14. The van der Waals surface area contributed by atoms with E-state index >= 15 is 0 Å². The van der Waals surface area contributed by atoms with Gasteiger partial charge in [0.2, 0.25) is 0 Å². The number of esters is 1. The van der Waals surface area contributed by atoms with Crippen molar-refractivity contribution in [2.45, 2.75) is 13.5 Å². The van der Waals surface area contributed by atoms with Gasteiger partial charge < -0.3 is 14.6 Å². The monoisotopic (exact) mass is 407 g/mol. The molecule has 3 rings (SSSR count). The number of hydrogen-bond acceptors (Lipinski definition) is 4. The number of aromatic nitrogens is 1. The maximum Gasteiger partial charge on any atom is 0.325 e. The zero-order valence-electron chi connectivity index (χ0n) is 15.9. The third-order valence-electron chi connectivity index (χ3n) is 4.46. The van der Waals surface area contributed by atoms with Crippen molar-refractivity contribution in [3.8, 4) is 6.07 Å². The van der Waals surface area contributed by atoms with Crippen LogP contribution in [-0.2, 0) is 20.9 Å². The first kappa shape index (κ1) is 20.2. The predicted molar refractivity (Wildman–Crippen MR) is 112 cm³/mol. The zero-order chi connectivity index (χ0) is 21.0. The molecule has 1 heterocycles. The van der Waals surface area contributed by atoms with Gasteiger partial charge in [-0.2, -0.15) is 5.26 Å². The minimum atomic E-state index is -0.539. The molecule has 0 aliphatic heterocycles. The number of benzene rings is 2. The summed E-state index contributed by atoms with van der Waals surface area (Å²) in [6, 6.07) is 14.5. The van der Waals surface area contributed by atoms with Crippen LogP contribution in [0.3, 0.4) is 0 Å². The number of nitrogens with one attached hydrogen (secondary N) is 1. The molecule has 6 nitrogen and oxygen atoms in total. The van der Waals surface area contributed by atoms with Crippen LogP contribution < -0.4 is 5.32 Å². The number of hydrogen-bond donors (Lipinski definition) is 1. The van der Waals surface area contributed by atoms with E-state index in [-0.39, 0.29) is 12.1 Å². The van der Waals surface area contributed by atoms with Crippen LogP contribution in [0, 0.1) is 18.3 Å². The van der Waals surface area contributed by atoms with Gasteiger partial charge in [-0.05, 0) is 36.8 Å². The number of aryl methyl sites for hydroxylation is 1. The molecule has 29 heavy (non-hydrogen) atoms. The van der Waals surface area contributed by atoms with Crippen LogP contribution in [0.15, 0.2) is 54.2 Å². The Morgan fingerprint density at radius 1 is 1.28 bits per heavy atom. The highest BCUT2D eigenvalue weighted by molar-refractivity contribution is 6.31. The highest BCUT2D eigenvalue weighted by atomic mass is 35.5. The molecular formula is C22H18ClN3O3. The molecule has 0 spiro atoms. The summed E-state index contributed by atoms with van der Waals surface area (Å²) in [6.07, 6.45) is 3.22. The maximum absolute atomic E-state index is 12.7. The fourth-order valence-electron chi connectivity index (χ4n) is 2.95. The van der Waals surface area contributed by atoms with E-state index in [1.165, 1.54) is 13.2 Å². The van der Waals surface area contributed by atoms with E-state index in [9.17, 15) is 14.9 Å². The number of carbonyl (C=O) groups excluding carboxylic acids is 2. The Morgan fingerprint density at radius 3 is 2.76 bits per heavy atom. The van der Waals surface area contributed by atoms with Gasteiger partial charge in [0.05, 0.1) is 7.11 Å². The molecule has 3 aromatic rings. The first-order valence-electron chi connectivity index (χ1n) is 8.77. The van der Waals surface area contributed by atoms with E-state index in [1.807, 2.05) is 37.3 Å². The highest BCUT2D eigenvalue weighted by Crippen LogP contribution is 2.25. The molecule has 146 valence electrons. The van der Waals surface area contributed by atoms with Crippen LogP contribution in [0.5, 0.6) is 0 Å². The molecule has 0 radical (unpaired) electrons. The van der Waals surface area contributed by atoms with Crippen molar-refractivity contribution in [2.75, 3.05) is 12.4 Å². The topological polar surface area (TPSA) is 84.1 Å². The highest BCUT2D eigenvalue weighted by Gasteiger charge is 2.15. The van der Waals surface area contributed by atoms with Crippen LogP contribution >= 0.6 is 11.6 Å². The van der Waals surface area contributed by atoms with E-state index in [0.29, 0.717) is 16.3 Å². The van der Waals surface area contributed by atoms with Crippen LogP contribution in [0.4, 0.5) is 5.69 Å². The van der Waals surface area contributed by atoms with Gasteiger partial charge in [-0.25, -0.2) is 0 Å². The van der Waals surface area contributed by atoms with Gasteiger partial charge in [-0.3, -0.25) is 9.59 Å². The van der Waals surface area contributed by atoms with Gasteiger partial charge in [0, 0.05) is 33.4 Å². The molecule has 0 saturated heterocycles. The Labute approximate surface area is 173 Å². The third-order valence-corrected chi connectivity index (χ3v) is 4.69. The SMILES string of the molecule is COC(=O)Cn1cc(/C=C(/C#N)C(=O)Nc2cc(Cl)ccc2C)c2ccccc21. The number of halogens is 1. The van der Waals surface area contributed by atoms with Crippen LogP contribution in [-0.4, -0.2) is 23.6 Å². The number of rotatable bonds is 5.